The van der Waals surface area contributed by atoms with Crippen molar-refractivity contribution >= 4 is 66.9 Å². The number of carboxylic acid groups (broad SMARTS) is 1. The summed E-state index contributed by atoms with van der Waals surface area (Å²) in [7, 11) is 0. The maximum absolute atomic E-state index is 12.9. The Bertz CT molecular complexity index is 985. The molecule has 0 spiro atoms. The molecule has 2 aromatic rings. The fraction of sp³-hybridized carbons (Fsp3) is 0.267. The maximum atomic E-state index is 12.9. The highest BCUT2D eigenvalue weighted by Crippen LogP contribution is 2.59. The molecule has 25 heavy (non-hydrogen) atoms. The topological polar surface area (TPSA) is 96.5 Å². The van der Waals surface area contributed by atoms with Crippen LogP contribution in [-0.4, -0.2) is 27.8 Å². The quantitative estimate of drug-likeness (QED) is 0.477. The van der Waals surface area contributed by atoms with Crippen LogP contribution in [0.1, 0.15) is 22.8 Å². The van der Waals surface area contributed by atoms with Gasteiger partial charge < -0.3 is 14.8 Å². The van der Waals surface area contributed by atoms with Gasteiger partial charge in [-0.1, -0.05) is 27.3 Å². The molecule has 0 radical (unpaired) electrons. The van der Waals surface area contributed by atoms with Gasteiger partial charge in [0.25, 0.3) is 0 Å². The molecule has 2 atom stereocenters. The Morgan fingerprint density at radius 1 is 1.40 bits per heavy atom. The van der Waals surface area contributed by atoms with Gasteiger partial charge in [-0.25, -0.2) is 0 Å². The van der Waals surface area contributed by atoms with Gasteiger partial charge in [0.05, 0.1) is 15.9 Å². The van der Waals surface area contributed by atoms with Crippen molar-refractivity contribution in [2.24, 2.45) is 5.41 Å². The smallest absolute Gasteiger partial charge is 0.319 e. The van der Waals surface area contributed by atoms with Crippen LogP contribution in [0.15, 0.2) is 30.9 Å². The van der Waals surface area contributed by atoms with Crippen molar-refractivity contribution in [1.82, 2.24) is 4.98 Å². The lowest BCUT2D eigenvalue weighted by molar-refractivity contribution is -0.154. The first-order valence-corrected chi connectivity index (χ1v) is 10.5. The molecule has 2 aliphatic rings. The molecule has 2 N–H and O–H groups in total. The number of aromatic amines is 1. The molecule has 0 fully saturated rings. The molecule has 0 saturated heterocycles. The molecular formula is C15H9Br2NO5S2. The number of carbonyl (C=O) groups is 2. The molecule has 0 amide bonds. The van der Waals surface area contributed by atoms with Crippen LogP contribution < -0.4 is 9.61 Å². The number of nitrogens with one attached hydrogen (secondary N) is 1. The van der Waals surface area contributed by atoms with Gasteiger partial charge >= 0.3 is 16.8 Å². The number of thiazole rings is 1. The summed E-state index contributed by atoms with van der Waals surface area (Å²) in [6, 6.07) is 3.58. The molecule has 0 unspecified atom stereocenters. The summed E-state index contributed by atoms with van der Waals surface area (Å²) >= 11 is 9.13. The molecule has 3 heterocycles. The van der Waals surface area contributed by atoms with Crippen molar-refractivity contribution in [3.05, 3.63) is 41.2 Å². The predicted molar refractivity (Wildman–Crippen MR) is 99.7 cm³/mol. The van der Waals surface area contributed by atoms with Gasteiger partial charge in [0.15, 0.2) is 0 Å². The third kappa shape index (κ3) is 2.61. The van der Waals surface area contributed by atoms with Crippen LogP contribution in [0.4, 0.5) is 0 Å². The fourth-order valence-corrected chi connectivity index (χ4v) is 7.25. The van der Waals surface area contributed by atoms with E-state index in [0.717, 1.165) is 15.8 Å². The number of hydrogen-bond acceptors (Lipinski definition) is 6. The molecule has 1 aromatic carbocycles. The molecule has 6 nitrogen and oxygen atoms in total. The van der Waals surface area contributed by atoms with Gasteiger partial charge in [0, 0.05) is 26.6 Å². The van der Waals surface area contributed by atoms with Crippen molar-refractivity contribution in [3.63, 3.8) is 0 Å². The predicted octanol–water partition coefficient (Wildman–Crippen LogP) is 3.58. The Labute approximate surface area is 166 Å². The Balaban J connectivity index is 2.04. The van der Waals surface area contributed by atoms with Gasteiger partial charge in [-0.3, -0.25) is 14.4 Å². The third-order valence-electron chi connectivity index (χ3n) is 4.35. The third-order valence-corrected chi connectivity index (χ3v) is 7.74. The van der Waals surface area contributed by atoms with Crippen LogP contribution in [0.25, 0.3) is 0 Å². The molecule has 0 bridgehead atoms. The minimum absolute atomic E-state index is 0.224. The number of hydrogen-bond donors (Lipinski definition) is 2. The highest BCUT2D eigenvalue weighted by Gasteiger charge is 2.57. The van der Waals surface area contributed by atoms with Gasteiger partial charge in [-0.2, -0.15) is 0 Å². The van der Waals surface area contributed by atoms with Crippen molar-refractivity contribution in [2.45, 2.75) is 17.4 Å². The molecule has 1 aromatic heterocycles. The van der Waals surface area contributed by atoms with Crippen molar-refractivity contribution in [2.75, 3.05) is 5.75 Å². The SMILES string of the molecule is O=C(O)C[C@@]12CSc3[nH]c(=O)sc3[C@@H]1c1cc(Br)cc(Br)c1OC2=O. The lowest BCUT2D eigenvalue weighted by Crippen LogP contribution is -2.49. The van der Waals surface area contributed by atoms with Gasteiger partial charge in [0.2, 0.25) is 0 Å². The summed E-state index contributed by atoms with van der Waals surface area (Å²) in [5.41, 5.74) is -0.555. The van der Waals surface area contributed by atoms with E-state index in [-0.39, 0.29) is 17.0 Å². The number of H-pyrrole nitrogens is 1. The summed E-state index contributed by atoms with van der Waals surface area (Å²) in [5.74, 6) is -1.60. The number of aliphatic carboxylic acids is 1. The van der Waals surface area contributed by atoms with E-state index in [1.807, 2.05) is 6.07 Å². The van der Waals surface area contributed by atoms with E-state index in [4.69, 9.17) is 4.74 Å². The molecule has 130 valence electrons. The second kappa shape index (κ2) is 5.97. The Morgan fingerprint density at radius 3 is 2.88 bits per heavy atom. The summed E-state index contributed by atoms with van der Waals surface area (Å²) in [4.78, 5) is 39.5. The van der Waals surface area contributed by atoms with Crippen molar-refractivity contribution in [3.8, 4) is 5.75 Å². The Hall–Kier alpha value is -1.10. The number of ether oxygens (including phenoxy) is 1. The number of fused-ring (bicyclic) bond motifs is 5. The number of halogens is 2. The van der Waals surface area contributed by atoms with Crippen LogP contribution in [-0.2, 0) is 9.59 Å². The van der Waals surface area contributed by atoms with Crippen LogP contribution in [0.5, 0.6) is 5.75 Å². The monoisotopic (exact) mass is 505 g/mol. The van der Waals surface area contributed by atoms with Crippen molar-refractivity contribution in [1.29, 1.82) is 0 Å². The van der Waals surface area contributed by atoms with E-state index >= 15 is 0 Å². The van der Waals surface area contributed by atoms with Crippen LogP contribution >= 0.6 is 55.0 Å². The zero-order chi connectivity index (χ0) is 17.9. The van der Waals surface area contributed by atoms with Gasteiger partial charge in [-0.15, -0.1) is 11.8 Å². The first-order valence-electron chi connectivity index (χ1n) is 7.10. The first kappa shape index (κ1) is 17.3. The number of esters is 1. The largest absolute Gasteiger partial charge is 0.481 e. The van der Waals surface area contributed by atoms with E-state index in [1.54, 1.807) is 6.07 Å². The molecule has 0 aliphatic carbocycles. The number of carboxylic acids is 1. The van der Waals surface area contributed by atoms with Crippen LogP contribution in [0.2, 0.25) is 0 Å². The first-order chi connectivity index (χ1) is 11.8. The summed E-state index contributed by atoms with van der Waals surface area (Å²) in [6.45, 7) is 0. The standard InChI is InChI=1S/C15H9Br2NO5S2/c16-5-1-6-9-11-12(18-14(22)25-11)24-4-15(9,3-8(19)20)13(21)23-10(6)7(17)2-5/h1-2,9H,3-4H2,(H,18,22)(H,19,20)/t9-,15+/m0/s1. The zero-order valence-corrected chi connectivity index (χ0v) is 17.1. The summed E-state index contributed by atoms with van der Waals surface area (Å²) < 4.78 is 6.91. The fourth-order valence-electron chi connectivity index (χ4n) is 3.37. The van der Waals surface area contributed by atoms with Crippen molar-refractivity contribution < 1.29 is 19.4 Å². The van der Waals surface area contributed by atoms with E-state index < -0.39 is 23.3 Å². The molecule has 0 saturated carbocycles. The minimum atomic E-state index is -1.25. The van der Waals surface area contributed by atoms with Gasteiger partial charge in [0.1, 0.15) is 11.2 Å². The Kier molecular flexibility index (Phi) is 4.13. The van der Waals surface area contributed by atoms with E-state index in [0.29, 0.717) is 25.7 Å². The highest BCUT2D eigenvalue weighted by atomic mass is 79.9. The van der Waals surface area contributed by atoms with E-state index in [1.165, 1.54) is 11.8 Å². The van der Waals surface area contributed by atoms with Crippen LogP contribution in [0.3, 0.4) is 0 Å². The number of benzene rings is 1. The van der Waals surface area contributed by atoms with Crippen LogP contribution in [0, 0.1) is 5.41 Å². The van der Waals surface area contributed by atoms with Gasteiger partial charge in [-0.05, 0) is 28.1 Å². The molecule has 4 rings (SSSR count). The number of rotatable bonds is 2. The number of thioether (sulfide) groups is 1. The van der Waals surface area contributed by atoms with E-state index in [2.05, 4.69) is 36.8 Å². The summed E-state index contributed by atoms with van der Waals surface area (Å²) in [6.07, 6.45) is -0.362. The average molecular weight is 507 g/mol. The summed E-state index contributed by atoms with van der Waals surface area (Å²) in [5, 5.41) is 10.1. The van der Waals surface area contributed by atoms with E-state index in [9.17, 15) is 19.5 Å². The lowest BCUT2D eigenvalue weighted by Gasteiger charge is -2.44. The maximum Gasteiger partial charge on any atom is 0.319 e. The second-order valence-corrected chi connectivity index (χ2v) is 9.62. The molecule has 2 aliphatic heterocycles. The highest BCUT2D eigenvalue weighted by molar-refractivity contribution is 9.11. The number of aromatic nitrogens is 1. The minimum Gasteiger partial charge on any atom is -0.481 e. The molecule has 10 heteroatoms. The second-order valence-electron chi connectivity index (χ2n) is 5.85. The molecular weight excluding hydrogens is 498 g/mol. The lowest BCUT2D eigenvalue weighted by atomic mass is 9.68. The average Bonchev–Trinajstić information content (AvgIpc) is 2.88. The zero-order valence-electron chi connectivity index (χ0n) is 12.3. The normalized spacial score (nSPS) is 24.1. The number of carbonyl (C=O) groups excluding carboxylic acids is 1. The Morgan fingerprint density at radius 2 is 2.16 bits per heavy atom.